The number of allylic oxidation sites excluding steroid dienone is 3. The first-order chi connectivity index (χ1) is 10.8. The van der Waals surface area contributed by atoms with Crippen LogP contribution in [-0.4, -0.2) is 6.11 Å². The molecule has 1 nitrogen and oxygen atoms in total. The smallest absolute Gasteiger partial charge is 0.422 e. The van der Waals surface area contributed by atoms with E-state index in [2.05, 4.69) is 18.6 Å². The topological polar surface area (TPSA) is 9.23 Å². The fourth-order valence-electron chi connectivity index (χ4n) is 1.99. The Hall–Kier alpha value is -1.71. The van der Waals surface area contributed by atoms with Crippen molar-refractivity contribution in [1.82, 2.24) is 0 Å². The van der Waals surface area contributed by atoms with E-state index in [4.69, 9.17) is 0 Å². The minimum Gasteiger partial charge on any atom is -0.429 e. The van der Waals surface area contributed by atoms with Crippen LogP contribution >= 0.6 is 0 Å². The molecule has 0 spiro atoms. The molecule has 4 heteroatoms. The van der Waals surface area contributed by atoms with Crippen LogP contribution in [0, 0.1) is 11.7 Å². The maximum absolute atomic E-state index is 14.0. The lowest BCUT2D eigenvalue weighted by molar-refractivity contribution is -0.141. The molecule has 0 heterocycles. The quantitative estimate of drug-likeness (QED) is 0.494. The third kappa shape index (κ3) is 6.51. The number of alkyl halides is 2. The molecule has 0 radical (unpaired) electrons. The highest BCUT2D eigenvalue weighted by Crippen LogP contribution is 2.28. The van der Waals surface area contributed by atoms with E-state index in [1.807, 2.05) is 6.92 Å². The number of hydrogen-bond acceptors (Lipinski definition) is 1. The molecule has 0 aromatic heterocycles. The van der Waals surface area contributed by atoms with Crippen molar-refractivity contribution in [3.63, 3.8) is 0 Å². The Labute approximate surface area is 136 Å². The SMILES string of the molecule is CCCCC(C)/C(C)=C/C=C(\C)C(F)(F)Oc1ccc(F)cc1. The molecule has 1 unspecified atom stereocenters. The Bertz CT molecular complexity index is 544. The van der Waals surface area contributed by atoms with Gasteiger partial charge in [-0.05, 0) is 50.5 Å². The predicted octanol–water partition coefficient (Wildman–Crippen LogP) is 6.52. The van der Waals surface area contributed by atoms with E-state index in [0.717, 1.165) is 37.0 Å². The number of hydrogen-bond donors (Lipinski definition) is 0. The first-order valence-corrected chi connectivity index (χ1v) is 7.94. The summed E-state index contributed by atoms with van der Waals surface area (Å²) < 4.78 is 45.6. The number of halogens is 3. The number of rotatable bonds is 8. The zero-order valence-electron chi connectivity index (χ0n) is 14.2. The molecule has 0 bridgehead atoms. The second-order valence-corrected chi connectivity index (χ2v) is 5.88. The lowest BCUT2D eigenvalue weighted by Gasteiger charge is -2.18. The summed E-state index contributed by atoms with van der Waals surface area (Å²) in [5.74, 6) is -0.195. The van der Waals surface area contributed by atoms with E-state index in [-0.39, 0.29) is 11.3 Å². The van der Waals surface area contributed by atoms with Gasteiger partial charge in [-0.1, -0.05) is 44.4 Å². The third-order valence-electron chi connectivity index (χ3n) is 3.88. The van der Waals surface area contributed by atoms with Gasteiger partial charge in [0.15, 0.2) is 0 Å². The standard InChI is InChI=1S/C19H25F3O/c1-5-6-7-14(2)15(3)8-9-16(4)19(21,22)23-18-12-10-17(20)11-13-18/h8-14H,5-7H2,1-4H3/b15-8+,16-9+. The summed E-state index contributed by atoms with van der Waals surface area (Å²) >= 11 is 0. The average Bonchev–Trinajstić information content (AvgIpc) is 2.51. The summed E-state index contributed by atoms with van der Waals surface area (Å²) in [4.78, 5) is 0. The highest BCUT2D eigenvalue weighted by molar-refractivity contribution is 5.25. The van der Waals surface area contributed by atoms with Crippen LogP contribution < -0.4 is 4.74 Å². The van der Waals surface area contributed by atoms with Crippen LogP contribution in [0.3, 0.4) is 0 Å². The van der Waals surface area contributed by atoms with Crippen molar-refractivity contribution in [3.8, 4) is 5.75 Å². The van der Waals surface area contributed by atoms with Gasteiger partial charge in [-0.25, -0.2) is 4.39 Å². The van der Waals surface area contributed by atoms with Gasteiger partial charge in [0.05, 0.1) is 0 Å². The fraction of sp³-hybridized carbons (Fsp3) is 0.474. The van der Waals surface area contributed by atoms with Gasteiger partial charge in [0.25, 0.3) is 0 Å². The molecule has 0 amide bonds. The van der Waals surface area contributed by atoms with Crippen LogP contribution in [0.4, 0.5) is 13.2 Å². The highest BCUT2D eigenvalue weighted by Gasteiger charge is 2.33. The van der Waals surface area contributed by atoms with E-state index in [1.54, 1.807) is 6.08 Å². The molecule has 1 atom stereocenters. The minimum atomic E-state index is -3.43. The summed E-state index contributed by atoms with van der Waals surface area (Å²) in [5, 5.41) is 0. The molecule has 0 N–H and O–H groups in total. The Morgan fingerprint density at radius 1 is 1.17 bits per heavy atom. The normalized spacial score (nSPS) is 14.7. The third-order valence-corrected chi connectivity index (χ3v) is 3.88. The molecule has 1 rings (SSSR count). The monoisotopic (exact) mass is 326 g/mol. The zero-order chi connectivity index (χ0) is 17.5. The largest absolute Gasteiger partial charge is 0.429 e. The van der Waals surface area contributed by atoms with Gasteiger partial charge < -0.3 is 4.74 Å². The summed E-state index contributed by atoms with van der Waals surface area (Å²) in [7, 11) is 0. The molecule has 1 aromatic rings. The molecular formula is C19H25F3O. The van der Waals surface area contributed by atoms with Gasteiger partial charge in [0.2, 0.25) is 0 Å². The van der Waals surface area contributed by atoms with E-state index >= 15 is 0 Å². The average molecular weight is 326 g/mol. The van der Waals surface area contributed by atoms with Crippen molar-refractivity contribution in [2.24, 2.45) is 5.92 Å². The van der Waals surface area contributed by atoms with Crippen LogP contribution in [-0.2, 0) is 0 Å². The molecule has 0 fully saturated rings. The lowest BCUT2D eigenvalue weighted by Crippen LogP contribution is -2.26. The van der Waals surface area contributed by atoms with Crippen molar-refractivity contribution < 1.29 is 17.9 Å². The number of unbranched alkanes of at least 4 members (excludes halogenated alkanes) is 1. The van der Waals surface area contributed by atoms with Gasteiger partial charge in [-0.3, -0.25) is 0 Å². The molecule has 0 aliphatic heterocycles. The van der Waals surface area contributed by atoms with E-state index in [9.17, 15) is 13.2 Å². The van der Waals surface area contributed by atoms with Crippen LogP contribution in [0.2, 0.25) is 0 Å². The number of ether oxygens (including phenoxy) is 1. The Balaban J connectivity index is 2.76. The van der Waals surface area contributed by atoms with Gasteiger partial charge in [-0.2, -0.15) is 8.78 Å². The van der Waals surface area contributed by atoms with Gasteiger partial charge >= 0.3 is 6.11 Å². The number of benzene rings is 1. The first-order valence-electron chi connectivity index (χ1n) is 7.94. The molecule has 23 heavy (non-hydrogen) atoms. The summed E-state index contributed by atoms with van der Waals surface area (Å²) in [5.41, 5.74) is 0.874. The Kier molecular flexibility index (Phi) is 7.40. The summed E-state index contributed by atoms with van der Waals surface area (Å²) in [6.45, 7) is 7.49. The van der Waals surface area contributed by atoms with E-state index < -0.39 is 11.9 Å². The Morgan fingerprint density at radius 3 is 2.35 bits per heavy atom. The minimum absolute atomic E-state index is 0.0684. The van der Waals surface area contributed by atoms with Gasteiger partial charge in [0.1, 0.15) is 11.6 Å². The molecule has 0 aliphatic rings. The van der Waals surface area contributed by atoms with Crippen molar-refractivity contribution in [2.75, 3.05) is 0 Å². The van der Waals surface area contributed by atoms with Crippen LogP contribution in [0.1, 0.15) is 47.0 Å². The second kappa shape index (κ2) is 8.80. The second-order valence-electron chi connectivity index (χ2n) is 5.88. The Morgan fingerprint density at radius 2 is 1.78 bits per heavy atom. The van der Waals surface area contributed by atoms with Crippen LogP contribution in [0.15, 0.2) is 47.6 Å². The van der Waals surface area contributed by atoms with Crippen molar-refractivity contribution in [1.29, 1.82) is 0 Å². The molecule has 0 saturated heterocycles. The van der Waals surface area contributed by atoms with Gasteiger partial charge in [0, 0.05) is 5.57 Å². The van der Waals surface area contributed by atoms with Crippen molar-refractivity contribution >= 4 is 0 Å². The predicted molar refractivity (Wildman–Crippen MR) is 88.2 cm³/mol. The molecule has 128 valence electrons. The highest BCUT2D eigenvalue weighted by atomic mass is 19.3. The molecule has 1 aromatic carbocycles. The first kappa shape index (κ1) is 19.3. The van der Waals surface area contributed by atoms with Crippen molar-refractivity contribution in [2.45, 2.75) is 53.1 Å². The maximum Gasteiger partial charge on any atom is 0.422 e. The van der Waals surface area contributed by atoms with Crippen LogP contribution in [0.25, 0.3) is 0 Å². The molecule has 0 aliphatic carbocycles. The van der Waals surface area contributed by atoms with E-state index in [1.165, 1.54) is 25.1 Å². The van der Waals surface area contributed by atoms with Gasteiger partial charge in [-0.15, -0.1) is 0 Å². The summed E-state index contributed by atoms with van der Waals surface area (Å²) in [6.07, 6.45) is 2.98. The fourth-order valence-corrected chi connectivity index (χ4v) is 1.99. The maximum atomic E-state index is 14.0. The summed E-state index contributed by atoms with van der Waals surface area (Å²) in [6, 6.07) is 4.54. The zero-order valence-corrected chi connectivity index (χ0v) is 14.2. The van der Waals surface area contributed by atoms with E-state index in [0.29, 0.717) is 5.92 Å². The van der Waals surface area contributed by atoms with Crippen molar-refractivity contribution in [3.05, 3.63) is 53.4 Å². The van der Waals surface area contributed by atoms with Crippen LogP contribution in [0.5, 0.6) is 5.75 Å². The molecular weight excluding hydrogens is 301 g/mol. The molecule has 0 saturated carbocycles. The lowest BCUT2D eigenvalue weighted by atomic mass is 9.96.